The number of carbonyl (C=O) groups is 1. The molecule has 2 aromatic carbocycles. The number of rotatable bonds is 5. The van der Waals surface area contributed by atoms with Crippen LogP contribution in [-0.2, 0) is 21.9 Å². The zero-order valence-corrected chi connectivity index (χ0v) is 19.6. The maximum absolute atomic E-state index is 12.9. The van der Waals surface area contributed by atoms with E-state index in [2.05, 4.69) is 5.32 Å². The number of nitrogens with zero attached hydrogens (tertiary/aromatic N) is 2. The van der Waals surface area contributed by atoms with Crippen molar-refractivity contribution in [1.82, 2.24) is 8.87 Å². The predicted molar refractivity (Wildman–Crippen MR) is 125 cm³/mol. The van der Waals surface area contributed by atoms with Crippen molar-refractivity contribution in [3.8, 4) is 0 Å². The van der Waals surface area contributed by atoms with Crippen LogP contribution in [0.4, 0.5) is 5.69 Å². The molecule has 1 fully saturated rings. The second-order valence-electron chi connectivity index (χ2n) is 7.45. The molecule has 2 heterocycles. The molecule has 0 atom stereocenters. The minimum absolute atomic E-state index is 0.0462. The van der Waals surface area contributed by atoms with Gasteiger partial charge < -0.3 is 9.88 Å². The number of hydrogen-bond acceptors (Lipinski definition) is 6. The van der Waals surface area contributed by atoms with Crippen LogP contribution in [0.2, 0.25) is 0 Å². The lowest BCUT2D eigenvalue weighted by molar-refractivity contribution is -0.120. The van der Waals surface area contributed by atoms with E-state index in [1.807, 2.05) is 12.3 Å². The van der Waals surface area contributed by atoms with Crippen molar-refractivity contribution in [2.45, 2.75) is 22.6 Å². The highest BCUT2D eigenvalue weighted by molar-refractivity contribution is 7.98. The molecule has 4 rings (SSSR count). The lowest BCUT2D eigenvalue weighted by Crippen LogP contribution is -2.41. The molecule has 1 amide bonds. The molecule has 1 aromatic heterocycles. The first-order valence-electron chi connectivity index (χ1n) is 9.84. The van der Waals surface area contributed by atoms with Crippen LogP contribution < -0.4 is 10.2 Å². The van der Waals surface area contributed by atoms with E-state index in [-0.39, 0.29) is 21.6 Å². The van der Waals surface area contributed by atoms with Crippen molar-refractivity contribution in [3.63, 3.8) is 0 Å². The van der Waals surface area contributed by atoms with Gasteiger partial charge in [-0.15, -0.1) is 11.8 Å². The van der Waals surface area contributed by atoms with Gasteiger partial charge >= 0.3 is 4.87 Å². The number of carbonyl (C=O) groups excluding carboxylic acids is 1. The Morgan fingerprint density at radius 1 is 1.13 bits per heavy atom. The summed E-state index contributed by atoms with van der Waals surface area (Å²) in [6.07, 6.45) is 2.88. The lowest BCUT2D eigenvalue weighted by Gasteiger charge is -2.30. The van der Waals surface area contributed by atoms with Gasteiger partial charge in [0.05, 0.1) is 15.1 Å². The molecule has 1 saturated heterocycles. The Bertz CT molecular complexity index is 1270. The van der Waals surface area contributed by atoms with E-state index in [0.717, 1.165) is 26.4 Å². The summed E-state index contributed by atoms with van der Waals surface area (Å²) in [5, 5.41) is 2.92. The average molecular weight is 478 g/mol. The molecule has 10 heteroatoms. The zero-order chi connectivity index (χ0) is 22.2. The smallest absolute Gasteiger partial charge is 0.307 e. The monoisotopic (exact) mass is 477 g/mol. The van der Waals surface area contributed by atoms with Crippen LogP contribution in [-0.4, -0.2) is 42.5 Å². The number of aromatic nitrogens is 1. The molecule has 0 saturated carbocycles. The van der Waals surface area contributed by atoms with Gasteiger partial charge in [-0.2, -0.15) is 4.31 Å². The Labute approximate surface area is 189 Å². The van der Waals surface area contributed by atoms with E-state index in [1.54, 1.807) is 59.8 Å². The van der Waals surface area contributed by atoms with E-state index >= 15 is 0 Å². The normalized spacial score (nSPS) is 15.9. The molecule has 7 nitrogen and oxygen atoms in total. The number of fused-ring (bicyclic) bond motifs is 1. The van der Waals surface area contributed by atoms with Crippen LogP contribution in [0.3, 0.4) is 0 Å². The highest BCUT2D eigenvalue weighted by atomic mass is 32.2. The van der Waals surface area contributed by atoms with Gasteiger partial charge in [-0.1, -0.05) is 11.3 Å². The number of piperidine rings is 1. The van der Waals surface area contributed by atoms with Crippen molar-refractivity contribution >= 4 is 54.9 Å². The maximum atomic E-state index is 12.9. The third-order valence-corrected chi connectivity index (χ3v) is 9.23. The summed E-state index contributed by atoms with van der Waals surface area (Å²) in [6, 6.07) is 12.3. The van der Waals surface area contributed by atoms with Crippen LogP contribution in [0.1, 0.15) is 12.8 Å². The first kappa shape index (κ1) is 22.1. The summed E-state index contributed by atoms with van der Waals surface area (Å²) in [7, 11) is -1.84. The summed E-state index contributed by atoms with van der Waals surface area (Å²) in [5.41, 5.74) is 1.47. The lowest BCUT2D eigenvalue weighted by atomic mass is 9.97. The van der Waals surface area contributed by atoms with Gasteiger partial charge in [0.1, 0.15) is 0 Å². The molecule has 0 unspecified atom stereocenters. The van der Waals surface area contributed by atoms with E-state index < -0.39 is 10.0 Å². The number of benzene rings is 2. The van der Waals surface area contributed by atoms with Crippen LogP contribution in [0.15, 0.2) is 57.1 Å². The third kappa shape index (κ3) is 4.43. The van der Waals surface area contributed by atoms with Crippen LogP contribution in [0.5, 0.6) is 0 Å². The van der Waals surface area contributed by atoms with Crippen molar-refractivity contribution in [2.24, 2.45) is 13.0 Å². The fourth-order valence-corrected chi connectivity index (χ4v) is 6.51. The largest absolute Gasteiger partial charge is 0.326 e. The number of amides is 1. The van der Waals surface area contributed by atoms with Crippen molar-refractivity contribution in [2.75, 3.05) is 24.7 Å². The fraction of sp³-hybridized carbons (Fsp3) is 0.333. The Morgan fingerprint density at radius 2 is 1.81 bits per heavy atom. The highest BCUT2D eigenvalue weighted by Gasteiger charge is 2.32. The van der Waals surface area contributed by atoms with Crippen molar-refractivity contribution < 1.29 is 13.2 Å². The van der Waals surface area contributed by atoms with Gasteiger partial charge in [-0.3, -0.25) is 9.59 Å². The number of anilines is 1. The van der Waals surface area contributed by atoms with E-state index in [9.17, 15) is 18.0 Å². The molecule has 1 N–H and O–H groups in total. The average Bonchev–Trinajstić information content (AvgIpc) is 3.06. The number of nitrogens with one attached hydrogen (secondary N) is 1. The van der Waals surface area contributed by atoms with E-state index in [4.69, 9.17) is 0 Å². The Balaban J connectivity index is 1.40. The van der Waals surface area contributed by atoms with Crippen LogP contribution in [0.25, 0.3) is 10.2 Å². The summed E-state index contributed by atoms with van der Waals surface area (Å²) >= 11 is 2.70. The third-order valence-electron chi connectivity index (χ3n) is 5.58. The number of thioether (sulfide) groups is 1. The number of thiazole rings is 1. The van der Waals surface area contributed by atoms with Crippen molar-refractivity contribution in [3.05, 3.63) is 52.1 Å². The number of sulfonamides is 1. The zero-order valence-electron chi connectivity index (χ0n) is 17.2. The summed E-state index contributed by atoms with van der Waals surface area (Å²) in [4.78, 5) is 25.8. The van der Waals surface area contributed by atoms with Gasteiger partial charge in [-0.05, 0) is 61.6 Å². The SMILES string of the molecule is CSc1ccc(S(=O)(=O)N2CCC(C(=O)Nc3ccc4c(c3)sc(=O)n4C)CC2)cc1. The number of hydrogen-bond donors (Lipinski definition) is 1. The molecule has 31 heavy (non-hydrogen) atoms. The quantitative estimate of drug-likeness (QED) is 0.570. The van der Waals surface area contributed by atoms with Gasteiger partial charge in [-0.25, -0.2) is 8.42 Å². The molecule has 0 bridgehead atoms. The molecule has 1 aliphatic heterocycles. The molecular formula is C21H23N3O4S3. The second kappa shape index (κ2) is 8.78. The minimum atomic E-state index is -3.56. The summed E-state index contributed by atoms with van der Waals surface area (Å²) in [6.45, 7) is 0.619. The second-order valence-corrected chi connectivity index (χ2v) is 11.3. The first-order valence-corrected chi connectivity index (χ1v) is 13.3. The van der Waals surface area contributed by atoms with Gasteiger partial charge in [0.25, 0.3) is 0 Å². The molecule has 0 radical (unpaired) electrons. The van der Waals surface area contributed by atoms with E-state index in [0.29, 0.717) is 31.6 Å². The molecule has 0 spiro atoms. The number of aryl methyl sites for hydroxylation is 1. The molecule has 1 aliphatic rings. The standard InChI is InChI=1S/C21H23N3O4S3/c1-23-18-8-3-15(13-19(18)30-21(23)26)22-20(25)14-9-11-24(12-10-14)31(27,28)17-6-4-16(29-2)5-7-17/h3-8,13-14H,9-12H2,1-2H3,(H,22,25). The molecule has 0 aliphatic carbocycles. The van der Waals surface area contributed by atoms with Crippen molar-refractivity contribution in [1.29, 1.82) is 0 Å². The van der Waals surface area contributed by atoms with Crippen LogP contribution in [0, 0.1) is 5.92 Å². The highest BCUT2D eigenvalue weighted by Crippen LogP contribution is 2.27. The topological polar surface area (TPSA) is 88.5 Å². The van der Waals surface area contributed by atoms with E-state index in [1.165, 1.54) is 4.31 Å². The first-order chi connectivity index (χ1) is 14.8. The Kier molecular flexibility index (Phi) is 6.25. The summed E-state index contributed by atoms with van der Waals surface area (Å²) < 4.78 is 29.7. The maximum Gasteiger partial charge on any atom is 0.307 e. The predicted octanol–water partition coefficient (Wildman–Crippen LogP) is 3.36. The molecule has 164 valence electrons. The van der Waals surface area contributed by atoms with Gasteiger partial charge in [0.15, 0.2) is 0 Å². The minimum Gasteiger partial charge on any atom is -0.326 e. The summed E-state index contributed by atoms with van der Waals surface area (Å²) in [5.74, 6) is -0.375. The molecular weight excluding hydrogens is 454 g/mol. The fourth-order valence-electron chi connectivity index (χ4n) is 3.71. The Morgan fingerprint density at radius 3 is 2.45 bits per heavy atom. The molecule has 3 aromatic rings. The van der Waals surface area contributed by atoms with Gasteiger partial charge in [0.2, 0.25) is 15.9 Å². The Hall–Kier alpha value is -2.14. The van der Waals surface area contributed by atoms with Gasteiger partial charge in [0, 0.05) is 36.6 Å². The van der Waals surface area contributed by atoms with Crippen LogP contribution >= 0.6 is 23.1 Å².